The molecule has 1 amide bonds. The Hall–Kier alpha value is -0.650. The second kappa shape index (κ2) is 9.57. The van der Waals surface area contributed by atoms with Gasteiger partial charge in [0.1, 0.15) is 0 Å². The molecule has 0 aliphatic rings. The number of carbonyl (C=O) groups is 1. The Balaban J connectivity index is 3.70. The lowest BCUT2D eigenvalue weighted by Gasteiger charge is -2.21. The number of methoxy groups -OCH3 is 1. The molecule has 5 nitrogen and oxygen atoms in total. The summed E-state index contributed by atoms with van der Waals surface area (Å²) in [5, 5.41) is 0. The topological polar surface area (TPSA) is 58.8 Å². The van der Waals surface area contributed by atoms with Gasteiger partial charge >= 0.3 is 0 Å². The van der Waals surface area contributed by atoms with E-state index in [-0.39, 0.29) is 5.91 Å². The van der Waals surface area contributed by atoms with Crippen LogP contribution in [0.2, 0.25) is 0 Å². The van der Waals surface area contributed by atoms with E-state index in [9.17, 15) is 4.79 Å². The SMILES string of the molecule is COCCN(CCN)CCCC(=O)N(C)C. The first-order valence-corrected chi connectivity index (χ1v) is 5.73. The summed E-state index contributed by atoms with van der Waals surface area (Å²) in [6.45, 7) is 4.00. The van der Waals surface area contributed by atoms with Crippen LogP contribution in [0.4, 0.5) is 0 Å². The number of rotatable bonds is 9. The largest absolute Gasteiger partial charge is 0.383 e. The highest BCUT2D eigenvalue weighted by atomic mass is 16.5. The zero-order valence-electron chi connectivity index (χ0n) is 10.7. The molecule has 16 heavy (non-hydrogen) atoms. The minimum atomic E-state index is 0.180. The van der Waals surface area contributed by atoms with E-state index in [1.165, 1.54) is 0 Å². The summed E-state index contributed by atoms with van der Waals surface area (Å²) >= 11 is 0. The van der Waals surface area contributed by atoms with Gasteiger partial charge < -0.3 is 15.4 Å². The highest BCUT2D eigenvalue weighted by Crippen LogP contribution is 1.97. The Morgan fingerprint density at radius 3 is 2.44 bits per heavy atom. The smallest absolute Gasteiger partial charge is 0.222 e. The Morgan fingerprint density at radius 1 is 1.25 bits per heavy atom. The fourth-order valence-corrected chi connectivity index (χ4v) is 1.42. The van der Waals surface area contributed by atoms with Gasteiger partial charge in [0, 0.05) is 47.3 Å². The molecule has 0 rings (SSSR count). The Bertz CT molecular complexity index is 186. The molecule has 0 saturated carbocycles. The van der Waals surface area contributed by atoms with Crippen molar-refractivity contribution in [2.45, 2.75) is 12.8 Å². The van der Waals surface area contributed by atoms with Crippen molar-refractivity contribution in [3.63, 3.8) is 0 Å². The van der Waals surface area contributed by atoms with Crippen LogP contribution in [0.5, 0.6) is 0 Å². The summed E-state index contributed by atoms with van der Waals surface area (Å²) in [4.78, 5) is 15.2. The van der Waals surface area contributed by atoms with E-state index in [0.29, 0.717) is 19.6 Å². The molecule has 0 radical (unpaired) electrons. The molecule has 0 spiro atoms. The number of hydrogen-bond acceptors (Lipinski definition) is 4. The van der Waals surface area contributed by atoms with Crippen molar-refractivity contribution in [3.8, 4) is 0 Å². The third-order valence-electron chi connectivity index (χ3n) is 2.42. The van der Waals surface area contributed by atoms with Gasteiger partial charge in [-0.25, -0.2) is 0 Å². The molecular weight excluding hydrogens is 206 g/mol. The quantitative estimate of drug-likeness (QED) is 0.595. The summed E-state index contributed by atoms with van der Waals surface area (Å²) in [6.07, 6.45) is 1.47. The molecule has 0 saturated heterocycles. The Kier molecular flexibility index (Phi) is 9.18. The average molecular weight is 231 g/mol. The molecule has 0 aliphatic carbocycles. The molecule has 0 atom stereocenters. The molecule has 0 aromatic rings. The van der Waals surface area contributed by atoms with Crippen molar-refractivity contribution in [1.29, 1.82) is 0 Å². The first kappa shape index (κ1) is 15.3. The van der Waals surface area contributed by atoms with Crippen LogP contribution in [0.15, 0.2) is 0 Å². The lowest BCUT2D eigenvalue weighted by molar-refractivity contribution is -0.128. The second-order valence-corrected chi connectivity index (χ2v) is 4.01. The fraction of sp³-hybridized carbons (Fsp3) is 0.909. The van der Waals surface area contributed by atoms with Gasteiger partial charge in [-0.05, 0) is 13.0 Å². The monoisotopic (exact) mass is 231 g/mol. The van der Waals surface area contributed by atoms with Gasteiger partial charge in [0.25, 0.3) is 0 Å². The maximum atomic E-state index is 11.4. The van der Waals surface area contributed by atoms with E-state index in [1.54, 1.807) is 26.1 Å². The molecule has 0 fully saturated rings. The van der Waals surface area contributed by atoms with Crippen molar-refractivity contribution in [2.75, 3.05) is 54.0 Å². The molecule has 0 heterocycles. The van der Waals surface area contributed by atoms with Gasteiger partial charge in [-0.15, -0.1) is 0 Å². The van der Waals surface area contributed by atoms with E-state index >= 15 is 0 Å². The number of amides is 1. The summed E-state index contributed by atoms with van der Waals surface area (Å²) in [5.41, 5.74) is 5.52. The molecule has 0 unspecified atom stereocenters. The predicted molar refractivity (Wildman–Crippen MR) is 65.3 cm³/mol. The number of nitrogens with zero attached hydrogens (tertiary/aromatic N) is 2. The molecular formula is C11H25N3O2. The van der Waals surface area contributed by atoms with E-state index in [0.717, 1.165) is 26.1 Å². The molecule has 2 N–H and O–H groups in total. The minimum absolute atomic E-state index is 0.180. The summed E-state index contributed by atoms with van der Waals surface area (Å²) in [5.74, 6) is 0.180. The lowest BCUT2D eigenvalue weighted by Crippen LogP contribution is -2.34. The summed E-state index contributed by atoms with van der Waals surface area (Å²) in [7, 11) is 5.26. The molecule has 0 aromatic heterocycles. The fourth-order valence-electron chi connectivity index (χ4n) is 1.42. The van der Waals surface area contributed by atoms with Gasteiger partial charge in [-0.3, -0.25) is 9.69 Å². The van der Waals surface area contributed by atoms with Gasteiger partial charge in [0.2, 0.25) is 5.91 Å². The highest BCUT2D eigenvalue weighted by molar-refractivity contribution is 5.75. The lowest BCUT2D eigenvalue weighted by atomic mass is 10.2. The van der Waals surface area contributed by atoms with Crippen molar-refractivity contribution in [3.05, 3.63) is 0 Å². The van der Waals surface area contributed by atoms with E-state index in [2.05, 4.69) is 4.90 Å². The maximum absolute atomic E-state index is 11.4. The summed E-state index contributed by atoms with van der Waals surface area (Å²) in [6, 6.07) is 0. The Labute approximate surface area is 98.5 Å². The zero-order chi connectivity index (χ0) is 12.4. The molecule has 0 aliphatic heterocycles. The third kappa shape index (κ3) is 7.62. The van der Waals surface area contributed by atoms with E-state index in [4.69, 9.17) is 10.5 Å². The van der Waals surface area contributed by atoms with Crippen LogP contribution in [0, 0.1) is 0 Å². The molecule has 0 aromatic carbocycles. The van der Waals surface area contributed by atoms with Gasteiger partial charge in [0.05, 0.1) is 6.61 Å². The van der Waals surface area contributed by atoms with Crippen LogP contribution in [0.25, 0.3) is 0 Å². The third-order valence-corrected chi connectivity index (χ3v) is 2.42. The van der Waals surface area contributed by atoms with Crippen LogP contribution in [-0.2, 0) is 9.53 Å². The van der Waals surface area contributed by atoms with Crippen molar-refractivity contribution in [1.82, 2.24) is 9.80 Å². The number of carbonyl (C=O) groups excluding carboxylic acids is 1. The van der Waals surface area contributed by atoms with Gasteiger partial charge in [0.15, 0.2) is 0 Å². The molecule has 0 bridgehead atoms. The first-order valence-electron chi connectivity index (χ1n) is 5.73. The first-order chi connectivity index (χ1) is 7.61. The summed E-state index contributed by atoms with van der Waals surface area (Å²) < 4.78 is 5.03. The van der Waals surface area contributed by atoms with Gasteiger partial charge in [-0.2, -0.15) is 0 Å². The number of nitrogens with two attached hydrogens (primary N) is 1. The van der Waals surface area contributed by atoms with Crippen LogP contribution in [0.3, 0.4) is 0 Å². The van der Waals surface area contributed by atoms with Crippen LogP contribution < -0.4 is 5.73 Å². The van der Waals surface area contributed by atoms with E-state index in [1.807, 2.05) is 0 Å². The number of ether oxygens (including phenoxy) is 1. The van der Waals surface area contributed by atoms with Crippen molar-refractivity contribution < 1.29 is 9.53 Å². The van der Waals surface area contributed by atoms with Crippen molar-refractivity contribution >= 4 is 5.91 Å². The van der Waals surface area contributed by atoms with Crippen LogP contribution in [-0.4, -0.2) is 69.7 Å². The van der Waals surface area contributed by atoms with Crippen LogP contribution >= 0.6 is 0 Å². The molecule has 96 valence electrons. The van der Waals surface area contributed by atoms with Crippen molar-refractivity contribution in [2.24, 2.45) is 5.73 Å². The van der Waals surface area contributed by atoms with Gasteiger partial charge in [-0.1, -0.05) is 0 Å². The molecule has 5 heteroatoms. The highest BCUT2D eigenvalue weighted by Gasteiger charge is 2.07. The minimum Gasteiger partial charge on any atom is -0.383 e. The van der Waals surface area contributed by atoms with E-state index < -0.39 is 0 Å². The average Bonchev–Trinajstić information content (AvgIpc) is 2.25. The second-order valence-electron chi connectivity index (χ2n) is 4.01. The maximum Gasteiger partial charge on any atom is 0.222 e. The number of hydrogen-bond donors (Lipinski definition) is 1. The normalized spacial score (nSPS) is 10.8. The Morgan fingerprint density at radius 2 is 1.94 bits per heavy atom. The standard InChI is InChI=1S/C11H25N3O2/c1-13(2)11(15)5-4-7-14(8-6-12)9-10-16-3/h4-10,12H2,1-3H3. The predicted octanol–water partition coefficient (Wildman–Crippen LogP) is -0.238. The zero-order valence-corrected chi connectivity index (χ0v) is 10.7. The van der Waals surface area contributed by atoms with Crippen LogP contribution in [0.1, 0.15) is 12.8 Å².